The van der Waals surface area contributed by atoms with Crippen molar-refractivity contribution in [2.45, 2.75) is 0 Å². The number of quaternary nitrogens is 2. The van der Waals surface area contributed by atoms with Gasteiger partial charge in [-0.1, -0.05) is 0 Å². The van der Waals surface area contributed by atoms with Crippen LogP contribution in [0, 0.1) is 5.82 Å². The average Bonchev–Trinajstić information content (AvgIpc) is 2.35. The minimum Gasteiger partial charge on any atom is -0.328 e. The predicted molar refractivity (Wildman–Crippen MR) is 67.2 cm³/mol. The fourth-order valence-corrected chi connectivity index (χ4v) is 2.17. The molecule has 0 bridgehead atoms. The van der Waals surface area contributed by atoms with Crippen molar-refractivity contribution in [2.24, 2.45) is 0 Å². The van der Waals surface area contributed by atoms with Gasteiger partial charge in [0.25, 0.3) is 5.91 Å². The Kier molecular flexibility index (Phi) is 4.28. The summed E-state index contributed by atoms with van der Waals surface area (Å²) < 4.78 is 12.7. The Morgan fingerprint density at radius 3 is 2.44 bits per heavy atom. The number of piperazine rings is 1. The van der Waals surface area contributed by atoms with Gasteiger partial charge in [-0.05, 0) is 24.3 Å². The molecule has 1 aromatic carbocycles. The summed E-state index contributed by atoms with van der Waals surface area (Å²) >= 11 is 0. The molecular weight excluding hydrogens is 233 g/mol. The molecule has 18 heavy (non-hydrogen) atoms. The summed E-state index contributed by atoms with van der Waals surface area (Å²) in [4.78, 5) is 14.7. The van der Waals surface area contributed by atoms with E-state index in [9.17, 15) is 9.18 Å². The molecule has 1 saturated heterocycles. The summed E-state index contributed by atoms with van der Waals surface area (Å²) in [5.41, 5.74) is 0.653. The van der Waals surface area contributed by atoms with Crippen molar-refractivity contribution in [1.82, 2.24) is 0 Å². The summed E-state index contributed by atoms with van der Waals surface area (Å²) in [6.45, 7) is 4.77. The van der Waals surface area contributed by atoms with E-state index in [1.165, 1.54) is 21.9 Å². The van der Waals surface area contributed by atoms with Crippen LogP contribution in [0.3, 0.4) is 0 Å². The molecule has 1 aromatic rings. The number of halogens is 1. The first kappa shape index (κ1) is 13.0. The molecule has 4 nitrogen and oxygen atoms in total. The van der Waals surface area contributed by atoms with Crippen LogP contribution in [0.15, 0.2) is 24.3 Å². The normalized spacial score (nSPS) is 23.7. The molecule has 0 aliphatic carbocycles. The smallest absolute Gasteiger partial charge is 0.279 e. The van der Waals surface area contributed by atoms with Crippen LogP contribution >= 0.6 is 0 Å². The third kappa shape index (κ3) is 3.78. The Morgan fingerprint density at radius 2 is 1.83 bits per heavy atom. The first-order valence-electron chi connectivity index (χ1n) is 6.34. The first-order chi connectivity index (χ1) is 8.63. The summed E-state index contributed by atoms with van der Waals surface area (Å²) in [5.74, 6) is -0.295. The minimum atomic E-state index is -0.291. The molecule has 0 radical (unpaired) electrons. The van der Waals surface area contributed by atoms with Crippen LogP contribution in [0.25, 0.3) is 0 Å². The van der Waals surface area contributed by atoms with Crippen molar-refractivity contribution >= 4 is 11.6 Å². The number of hydrogen-bond donors (Lipinski definition) is 3. The zero-order valence-electron chi connectivity index (χ0n) is 10.6. The van der Waals surface area contributed by atoms with Gasteiger partial charge in [-0.15, -0.1) is 0 Å². The molecule has 1 amide bonds. The van der Waals surface area contributed by atoms with Crippen LogP contribution < -0.4 is 15.1 Å². The van der Waals surface area contributed by atoms with E-state index in [-0.39, 0.29) is 11.7 Å². The van der Waals surface area contributed by atoms with Crippen LogP contribution in [0.4, 0.5) is 10.1 Å². The van der Waals surface area contributed by atoms with Crippen molar-refractivity contribution in [3.05, 3.63) is 30.1 Å². The molecule has 2 rings (SSSR count). The molecule has 1 heterocycles. The lowest BCUT2D eigenvalue weighted by Crippen LogP contribution is -3.27. The Balaban J connectivity index is 1.80. The second-order valence-electron chi connectivity index (χ2n) is 4.94. The van der Waals surface area contributed by atoms with Crippen LogP contribution in [-0.2, 0) is 4.79 Å². The van der Waals surface area contributed by atoms with E-state index in [0.717, 1.165) is 26.2 Å². The number of carbonyl (C=O) groups is 1. The van der Waals surface area contributed by atoms with Gasteiger partial charge in [-0.2, -0.15) is 0 Å². The maximum atomic E-state index is 12.7. The summed E-state index contributed by atoms with van der Waals surface area (Å²) in [7, 11) is 2.18. The summed E-state index contributed by atoms with van der Waals surface area (Å²) in [5, 5.41) is 2.79. The van der Waals surface area contributed by atoms with E-state index < -0.39 is 0 Å². The molecule has 0 unspecified atom stereocenters. The highest BCUT2D eigenvalue weighted by Gasteiger charge is 2.22. The standard InChI is InChI=1S/C13H18FN3O/c1-16-6-8-17(9-7-16)10-13(18)15-12-4-2-11(14)3-5-12/h2-5H,6-10H2,1H3,(H,15,18)/p+2. The van der Waals surface area contributed by atoms with Crippen LogP contribution in [-0.4, -0.2) is 45.7 Å². The Hall–Kier alpha value is -1.46. The Bertz CT molecular complexity index is 399. The quantitative estimate of drug-likeness (QED) is 0.583. The molecule has 0 spiro atoms. The largest absolute Gasteiger partial charge is 0.328 e. The minimum absolute atomic E-state index is 0.00355. The van der Waals surface area contributed by atoms with Crippen LogP contribution in [0.1, 0.15) is 0 Å². The van der Waals surface area contributed by atoms with Gasteiger partial charge >= 0.3 is 0 Å². The number of likely N-dealkylation sites (N-methyl/N-ethyl adjacent to an activating group) is 1. The Morgan fingerprint density at radius 1 is 1.22 bits per heavy atom. The van der Waals surface area contributed by atoms with Gasteiger partial charge < -0.3 is 15.1 Å². The SMILES string of the molecule is C[NH+]1CC[NH+](CC(=O)Nc2ccc(F)cc2)CC1. The van der Waals surface area contributed by atoms with Gasteiger partial charge in [0.15, 0.2) is 6.54 Å². The third-order valence-electron chi connectivity index (χ3n) is 3.35. The molecule has 0 aromatic heterocycles. The van der Waals surface area contributed by atoms with E-state index in [0.29, 0.717) is 12.2 Å². The molecule has 1 aliphatic heterocycles. The zero-order valence-corrected chi connectivity index (χ0v) is 10.6. The number of amides is 1. The molecule has 98 valence electrons. The molecule has 0 atom stereocenters. The van der Waals surface area contributed by atoms with E-state index in [1.807, 2.05) is 0 Å². The van der Waals surface area contributed by atoms with Gasteiger partial charge in [0.2, 0.25) is 0 Å². The number of hydrogen-bond acceptors (Lipinski definition) is 1. The highest BCUT2D eigenvalue weighted by molar-refractivity contribution is 5.91. The summed E-state index contributed by atoms with van der Waals surface area (Å²) in [6, 6.07) is 5.86. The molecule has 3 N–H and O–H groups in total. The lowest BCUT2D eigenvalue weighted by Gasteiger charge is -2.26. The van der Waals surface area contributed by atoms with Gasteiger partial charge in [0.1, 0.15) is 32.0 Å². The lowest BCUT2D eigenvalue weighted by molar-refractivity contribution is -0.999. The maximum Gasteiger partial charge on any atom is 0.279 e. The van der Waals surface area contributed by atoms with Crippen molar-refractivity contribution in [3.63, 3.8) is 0 Å². The van der Waals surface area contributed by atoms with Gasteiger partial charge in [0.05, 0.1) is 7.05 Å². The highest BCUT2D eigenvalue weighted by Crippen LogP contribution is 2.07. The van der Waals surface area contributed by atoms with Crippen molar-refractivity contribution in [1.29, 1.82) is 0 Å². The van der Waals surface area contributed by atoms with Crippen molar-refractivity contribution in [3.8, 4) is 0 Å². The van der Waals surface area contributed by atoms with Gasteiger partial charge in [0, 0.05) is 5.69 Å². The van der Waals surface area contributed by atoms with Crippen molar-refractivity contribution in [2.75, 3.05) is 45.1 Å². The Labute approximate surface area is 106 Å². The fourth-order valence-electron chi connectivity index (χ4n) is 2.17. The van der Waals surface area contributed by atoms with E-state index in [2.05, 4.69) is 12.4 Å². The molecule has 0 saturated carbocycles. The molecule has 1 fully saturated rings. The topological polar surface area (TPSA) is 38.0 Å². The highest BCUT2D eigenvalue weighted by atomic mass is 19.1. The molecule has 5 heteroatoms. The van der Waals surface area contributed by atoms with Crippen LogP contribution in [0.2, 0.25) is 0 Å². The molecule has 1 aliphatic rings. The second kappa shape index (κ2) is 5.93. The number of nitrogens with one attached hydrogen (secondary N) is 3. The monoisotopic (exact) mass is 253 g/mol. The van der Waals surface area contributed by atoms with Crippen molar-refractivity contribution < 1.29 is 19.0 Å². The van der Waals surface area contributed by atoms with E-state index in [1.54, 1.807) is 12.1 Å². The fraction of sp³-hybridized carbons (Fsp3) is 0.462. The summed E-state index contributed by atoms with van der Waals surface area (Å²) in [6.07, 6.45) is 0. The number of rotatable bonds is 3. The number of carbonyl (C=O) groups excluding carboxylic acids is 1. The zero-order chi connectivity index (χ0) is 13.0. The predicted octanol–water partition coefficient (Wildman–Crippen LogP) is -1.82. The van der Waals surface area contributed by atoms with Gasteiger partial charge in [-0.3, -0.25) is 4.79 Å². The maximum absolute atomic E-state index is 12.7. The number of benzene rings is 1. The lowest BCUT2D eigenvalue weighted by atomic mass is 10.3. The first-order valence-corrected chi connectivity index (χ1v) is 6.34. The second-order valence-corrected chi connectivity index (χ2v) is 4.94. The van der Waals surface area contributed by atoms with Crippen LogP contribution in [0.5, 0.6) is 0 Å². The van der Waals surface area contributed by atoms with Gasteiger partial charge in [-0.25, -0.2) is 4.39 Å². The molecular formula is C13H20FN3O+2. The number of anilines is 1. The van der Waals surface area contributed by atoms with E-state index >= 15 is 0 Å². The third-order valence-corrected chi connectivity index (χ3v) is 3.35. The average molecular weight is 253 g/mol. The van der Waals surface area contributed by atoms with E-state index in [4.69, 9.17) is 0 Å².